The van der Waals surface area contributed by atoms with Crippen molar-refractivity contribution in [3.05, 3.63) is 58.6 Å². The van der Waals surface area contributed by atoms with Crippen LogP contribution in [0, 0.1) is 0 Å². The molecule has 0 radical (unpaired) electrons. The zero-order valence-corrected chi connectivity index (χ0v) is 14.2. The van der Waals surface area contributed by atoms with Crippen molar-refractivity contribution in [1.82, 2.24) is 0 Å². The molecule has 0 heterocycles. The average molecular weight is 377 g/mol. The number of carbonyl (C=O) groups excluding carboxylic acids is 2. The molecule has 23 heavy (non-hydrogen) atoms. The highest BCUT2D eigenvalue weighted by atomic mass is 79.9. The van der Waals surface area contributed by atoms with Gasteiger partial charge in [-0.3, -0.25) is 4.79 Å². The summed E-state index contributed by atoms with van der Waals surface area (Å²) in [7, 11) is 0. The molecule has 0 saturated carbocycles. The maximum absolute atomic E-state index is 12.0. The quantitative estimate of drug-likeness (QED) is 0.754. The number of ether oxygens (including phenoxy) is 1. The molecular formula is C17H17BrN2O3. The fraction of sp³-hybridized carbons (Fsp3) is 0.176. The molecule has 2 N–H and O–H groups in total. The van der Waals surface area contributed by atoms with E-state index in [9.17, 15) is 9.59 Å². The van der Waals surface area contributed by atoms with Gasteiger partial charge in [0.1, 0.15) is 0 Å². The van der Waals surface area contributed by atoms with Gasteiger partial charge in [0.05, 0.1) is 24.4 Å². The summed E-state index contributed by atoms with van der Waals surface area (Å²) >= 11 is 3.37. The zero-order chi connectivity index (χ0) is 16.7. The summed E-state index contributed by atoms with van der Waals surface area (Å²) in [5.74, 6) is -0.627. The van der Waals surface area contributed by atoms with Gasteiger partial charge in [0.2, 0.25) is 5.91 Å². The van der Waals surface area contributed by atoms with Crippen LogP contribution in [0.15, 0.2) is 53.0 Å². The predicted molar refractivity (Wildman–Crippen MR) is 93.7 cm³/mol. The maximum Gasteiger partial charge on any atom is 0.340 e. The van der Waals surface area contributed by atoms with Crippen LogP contribution in [0.2, 0.25) is 0 Å². The molecule has 0 unspecified atom stereocenters. The van der Waals surface area contributed by atoms with Crippen LogP contribution in [0.5, 0.6) is 0 Å². The smallest absolute Gasteiger partial charge is 0.340 e. The van der Waals surface area contributed by atoms with Crippen LogP contribution in [-0.2, 0) is 9.53 Å². The summed E-state index contributed by atoms with van der Waals surface area (Å²) in [6.45, 7) is 2.09. The number of halogens is 1. The lowest BCUT2D eigenvalue weighted by Gasteiger charge is -2.12. The van der Waals surface area contributed by atoms with Gasteiger partial charge >= 0.3 is 5.97 Å². The molecule has 5 nitrogen and oxygen atoms in total. The van der Waals surface area contributed by atoms with E-state index >= 15 is 0 Å². The van der Waals surface area contributed by atoms with E-state index in [0.29, 0.717) is 23.5 Å². The normalized spacial score (nSPS) is 10.0. The van der Waals surface area contributed by atoms with Gasteiger partial charge in [-0.2, -0.15) is 0 Å². The molecule has 0 aromatic heterocycles. The van der Waals surface area contributed by atoms with E-state index in [2.05, 4.69) is 26.6 Å². The number of benzene rings is 2. The molecule has 120 valence electrons. The Hall–Kier alpha value is -2.34. The lowest BCUT2D eigenvalue weighted by Crippen LogP contribution is -2.23. The number of anilines is 2. The number of para-hydroxylation sites is 2. The average Bonchev–Trinajstić information content (AvgIpc) is 2.55. The van der Waals surface area contributed by atoms with Crippen LogP contribution < -0.4 is 10.6 Å². The van der Waals surface area contributed by atoms with Crippen molar-refractivity contribution in [3.63, 3.8) is 0 Å². The van der Waals surface area contributed by atoms with Crippen molar-refractivity contribution in [3.8, 4) is 0 Å². The summed E-state index contributed by atoms with van der Waals surface area (Å²) in [5.41, 5.74) is 1.66. The van der Waals surface area contributed by atoms with Gasteiger partial charge in [0.15, 0.2) is 0 Å². The zero-order valence-electron chi connectivity index (χ0n) is 12.6. The second-order valence-corrected chi connectivity index (χ2v) is 5.50. The minimum Gasteiger partial charge on any atom is -0.462 e. The molecule has 2 aromatic rings. The molecule has 0 saturated heterocycles. The van der Waals surface area contributed by atoms with Gasteiger partial charge in [-0.05, 0) is 47.1 Å². The van der Waals surface area contributed by atoms with Crippen LogP contribution in [0.4, 0.5) is 11.4 Å². The van der Waals surface area contributed by atoms with Gasteiger partial charge in [-0.1, -0.05) is 24.3 Å². The number of esters is 1. The Morgan fingerprint density at radius 3 is 2.39 bits per heavy atom. The van der Waals surface area contributed by atoms with Crippen molar-refractivity contribution in [1.29, 1.82) is 0 Å². The summed E-state index contributed by atoms with van der Waals surface area (Å²) in [6, 6.07) is 14.3. The lowest BCUT2D eigenvalue weighted by molar-refractivity contribution is -0.114. The molecule has 2 aromatic carbocycles. The van der Waals surface area contributed by atoms with Gasteiger partial charge < -0.3 is 15.4 Å². The van der Waals surface area contributed by atoms with E-state index in [1.807, 2.05) is 18.2 Å². The molecule has 0 aliphatic rings. The van der Waals surface area contributed by atoms with Gasteiger partial charge in [-0.15, -0.1) is 0 Å². The van der Waals surface area contributed by atoms with Crippen molar-refractivity contribution >= 4 is 39.2 Å². The summed E-state index contributed by atoms with van der Waals surface area (Å²) in [4.78, 5) is 23.9. The summed E-state index contributed by atoms with van der Waals surface area (Å²) in [5, 5.41) is 5.75. The Balaban J connectivity index is 1.99. The first-order valence-corrected chi connectivity index (χ1v) is 7.95. The number of nitrogens with one attached hydrogen (secondary N) is 2. The van der Waals surface area contributed by atoms with Crippen molar-refractivity contribution in [2.75, 3.05) is 23.8 Å². The van der Waals surface area contributed by atoms with E-state index in [-0.39, 0.29) is 12.5 Å². The Kier molecular flexibility index (Phi) is 6.17. The first-order valence-electron chi connectivity index (χ1n) is 7.16. The van der Waals surface area contributed by atoms with Crippen molar-refractivity contribution in [2.24, 2.45) is 0 Å². The summed E-state index contributed by atoms with van der Waals surface area (Å²) < 4.78 is 5.81. The van der Waals surface area contributed by atoms with Crippen LogP contribution in [0.1, 0.15) is 17.3 Å². The minimum atomic E-state index is -0.415. The first kappa shape index (κ1) is 17.0. The van der Waals surface area contributed by atoms with E-state index in [1.165, 1.54) is 0 Å². The lowest BCUT2D eigenvalue weighted by atomic mass is 10.2. The van der Waals surface area contributed by atoms with E-state index in [4.69, 9.17) is 4.74 Å². The standard InChI is InChI=1S/C17H17BrN2O3/c1-2-23-17(22)12-7-3-5-9-14(12)19-11-16(21)20-15-10-6-4-8-13(15)18/h3-10,19H,2,11H2,1H3,(H,20,21). The molecule has 1 amide bonds. The van der Waals surface area contributed by atoms with E-state index in [1.54, 1.807) is 37.3 Å². The van der Waals surface area contributed by atoms with E-state index < -0.39 is 5.97 Å². The van der Waals surface area contributed by atoms with Crippen LogP contribution in [0.3, 0.4) is 0 Å². The molecule has 2 rings (SSSR count). The van der Waals surface area contributed by atoms with Gasteiger partial charge in [0, 0.05) is 10.2 Å². The molecular weight excluding hydrogens is 360 g/mol. The Morgan fingerprint density at radius 1 is 1.04 bits per heavy atom. The largest absolute Gasteiger partial charge is 0.462 e. The van der Waals surface area contributed by atoms with Gasteiger partial charge in [-0.25, -0.2) is 4.79 Å². The highest BCUT2D eigenvalue weighted by molar-refractivity contribution is 9.10. The third kappa shape index (κ3) is 4.82. The number of hydrogen-bond acceptors (Lipinski definition) is 4. The molecule has 0 atom stereocenters. The molecule has 6 heteroatoms. The molecule has 0 aliphatic carbocycles. The third-order valence-corrected chi connectivity index (χ3v) is 3.70. The van der Waals surface area contributed by atoms with Crippen LogP contribution >= 0.6 is 15.9 Å². The highest BCUT2D eigenvalue weighted by Crippen LogP contribution is 2.21. The van der Waals surface area contributed by atoms with Gasteiger partial charge in [0.25, 0.3) is 0 Å². The third-order valence-electron chi connectivity index (χ3n) is 3.01. The fourth-order valence-electron chi connectivity index (χ4n) is 1.96. The Morgan fingerprint density at radius 2 is 1.70 bits per heavy atom. The molecule has 0 fully saturated rings. The molecule has 0 aliphatic heterocycles. The Labute approximate surface area is 143 Å². The highest BCUT2D eigenvalue weighted by Gasteiger charge is 2.12. The van der Waals surface area contributed by atoms with Crippen molar-refractivity contribution < 1.29 is 14.3 Å². The second kappa shape index (κ2) is 8.33. The first-order chi connectivity index (χ1) is 11.1. The minimum absolute atomic E-state index is 0.0394. The monoisotopic (exact) mass is 376 g/mol. The topological polar surface area (TPSA) is 67.4 Å². The maximum atomic E-state index is 12.0. The van der Waals surface area contributed by atoms with E-state index in [0.717, 1.165) is 4.47 Å². The molecule has 0 bridgehead atoms. The fourth-order valence-corrected chi connectivity index (χ4v) is 2.34. The predicted octanol–water partition coefficient (Wildman–Crippen LogP) is 3.68. The molecule has 0 spiro atoms. The second-order valence-electron chi connectivity index (χ2n) is 4.65. The Bertz CT molecular complexity index is 704. The number of carbonyl (C=O) groups is 2. The summed E-state index contributed by atoms with van der Waals surface area (Å²) in [6.07, 6.45) is 0. The number of amides is 1. The number of rotatable bonds is 6. The van der Waals surface area contributed by atoms with Crippen molar-refractivity contribution in [2.45, 2.75) is 6.92 Å². The van der Waals surface area contributed by atoms with Crippen LogP contribution in [0.25, 0.3) is 0 Å². The SMILES string of the molecule is CCOC(=O)c1ccccc1NCC(=O)Nc1ccccc1Br. The number of hydrogen-bond donors (Lipinski definition) is 2. The van der Waals surface area contributed by atoms with Crippen LogP contribution in [-0.4, -0.2) is 25.0 Å².